The Labute approximate surface area is 259 Å². The number of hydrogen-bond donors (Lipinski definition) is 1. The van der Waals surface area contributed by atoms with Gasteiger partial charge in [0, 0.05) is 22.2 Å². The van der Waals surface area contributed by atoms with E-state index in [9.17, 15) is 13.2 Å². The van der Waals surface area contributed by atoms with Gasteiger partial charge in [0.1, 0.15) is 17.4 Å². The van der Waals surface area contributed by atoms with E-state index in [1.54, 1.807) is 22.9 Å². The summed E-state index contributed by atoms with van der Waals surface area (Å²) in [6.07, 6.45) is 2.23. The first-order valence-corrected chi connectivity index (χ1v) is 16.2. The average molecular weight is 646 g/mol. The number of rotatable bonds is 6. The molecule has 42 heavy (non-hydrogen) atoms. The molecule has 12 heteroatoms. The Morgan fingerprint density at radius 1 is 0.905 bits per heavy atom. The lowest BCUT2D eigenvalue weighted by Gasteiger charge is -2.25. The molecule has 2 aliphatic heterocycles. The highest BCUT2D eigenvalue weighted by molar-refractivity contribution is 7.89. The van der Waals surface area contributed by atoms with Gasteiger partial charge in [-0.15, -0.1) is 0 Å². The minimum atomic E-state index is -3.90. The molecule has 3 heterocycles. The van der Waals surface area contributed by atoms with Gasteiger partial charge in [0.25, 0.3) is 0 Å². The first-order chi connectivity index (χ1) is 20.2. The summed E-state index contributed by atoms with van der Waals surface area (Å²) < 4.78 is 36.2. The van der Waals surface area contributed by atoms with Gasteiger partial charge in [-0.25, -0.2) is 13.1 Å². The van der Waals surface area contributed by atoms with Gasteiger partial charge in [0.15, 0.2) is 5.75 Å². The summed E-state index contributed by atoms with van der Waals surface area (Å²) in [6, 6.07) is 19.3. The Morgan fingerprint density at radius 2 is 1.60 bits per heavy atom. The Balaban J connectivity index is 1.36. The fraction of sp³-hybridized carbons (Fsp3) is 0.267. The number of sulfonamides is 1. The molecule has 1 amide bonds. The van der Waals surface area contributed by atoms with Gasteiger partial charge in [-0.05, 0) is 74.2 Å². The van der Waals surface area contributed by atoms with Crippen LogP contribution in [-0.4, -0.2) is 47.6 Å². The number of para-hydroxylation sites is 1. The quantitative estimate of drug-likeness (QED) is 0.253. The number of carbonyl (C=O) groups excluding carboxylic acids is 1. The fourth-order valence-corrected chi connectivity index (χ4v) is 7.61. The van der Waals surface area contributed by atoms with E-state index in [1.807, 2.05) is 30.3 Å². The Hall–Kier alpha value is -3.08. The van der Waals surface area contributed by atoms with Crippen LogP contribution in [0.4, 0.5) is 0 Å². The molecule has 0 saturated carbocycles. The summed E-state index contributed by atoms with van der Waals surface area (Å²) in [7, 11) is -3.90. The topological polar surface area (TPSA) is 93.5 Å². The van der Waals surface area contributed by atoms with E-state index in [4.69, 9.17) is 44.6 Å². The van der Waals surface area contributed by atoms with E-state index < -0.39 is 22.1 Å². The minimum absolute atomic E-state index is 0.0999. The van der Waals surface area contributed by atoms with E-state index in [0.29, 0.717) is 70.2 Å². The molecule has 1 aromatic heterocycles. The highest BCUT2D eigenvalue weighted by Gasteiger charge is 2.41. The Kier molecular flexibility index (Phi) is 8.22. The van der Waals surface area contributed by atoms with Crippen molar-refractivity contribution in [3.63, 3.8) is 0 Å². The number of benzene rings is 3. The fourth-order valence-electron chi connectivity index (χ4n) is 5.49. The number of ether oxygens (including phenoxy) is 1. The number of carbonyl (C=O) groups is 1. The van der Waals surface area contributed by atoms with Crippen molar-refractivity contribution in [2.45, 2.75) is 42.7 Å². The number of nitrogens with one attached hydrogen (secondary N) is 1. The molecular weight excluding hydrogens is 619 g/mol. The van der Waals surface area contributed by atoms with Crippen LogP contribution in [0.3, 0.4) is 0 Å². The first kappa shape index (κ1) is 29.0. The zero-order valence-electron chi connectivity index (χ0n) is 22.3. The largest absolute Gasteiger partial charge is 0.489 e. The maximum Gasteiger partial charge on any atom is 0.243 e. The molecule has 1 N–H and O–H groups in total. The summed E-state index contributed by atoms with van der Waals surface area (Å²) in [5.74, 6) is 0.167. The molecule has 6 rings (SSSR count). The van der Waals surface area contributed by atoms with Crippen LogP contribution in [0.1, 0.15) is 37.4 Å². The van der Waals surface area contributed by atoms with Crippen molar-refractivity contribution >= 4 is 50.7 Å². The van der Waals surface area contributed by atoms with Crippen LogP contribution in [0, 0.1) is 0 Å². The molecule has 8 nitrogen and oxygen atoms in total. The Bertz CT molecular complexity index is 1730. The van der Waals surface area contributed by atoms with E-state index in [2.05, 4.69) is 5.32 Å². The van der Waals surface area contributed by atoms with Gasteiger partial charge in [-0.3, -0.25) is 4.79 Å². The van der Waals surface area contributed by atoms with Gasteiger partial charge < -0.3 is 10.1 Å². The molecule has 0 radical (unpaired) electrons. The maximum absolute atomic E-state index is 13.8. The number of fused-ring (bicyclic) bond motifs is 1. The molecule has 1 saturated heterocycles. The van der Waals surface area contributed by atoms with Crippen LogP contribution in [-0.2, 0) is 14.8 Å². The van der Waals surface area contributed by atoms with Crippen molar-refractivity contribution in [1.29, 1.82) is 0 Å². The zero-order valence-corrected chi connectivity index (χ0v) is 25.4. The zero-order chi connectivity index (χ0) is 29.4. The smallest absolute Gasteiger partial charge is 0.243 e. The summed E-state index contributed by atoms with van der Waals surface area (Å²) in [5.41, 5.74) is 2.71. The third-order valence-corrected chi connectivity index (χ3v) is 10.3. The van der Waals surface area contributed by atoms with Crippen molar-refractivity contribution in [2.75, 3.05) is 13.2 Å². The molecule has 2 aliphatic rings. The number of amides is 1. The van der Waals surface area contributed by atoms with Gasteiger partial charge in [-0.2, -0.15) is 9.40 Å². The summed E-state index contributed by atoms with van der Waals surface area (Å²) in [6.45, 7) is 0.679. The van der Waals surface area contributed by atoms with Gasteiger partial charge in [-0.1, -0.05) is 59.1 Å². The standard InChI is InChI=1S/C30H27Cl3N4O4S/c31-20-11-9-19(10-12-20)28-29-27(35-37(28)25-7-2-1-5-23(25)33)24(6-4-18-41-29)34-30(38)26-8-3-17-36(26)42(39,40)22-15-13-21(32)14-16-22/h1-2,5,7,9-16,24,26H,3-4,6,8,17-18H2,(H,34,38)/t24?,26-/m0/s1. The van der Waals surface area contributed by atoms with Crippen molar-refractivity contribution < 1.29 is 17.9 Å². The van der Waals surface area contributed by atoms with Gasteiger partial charge in [0.05, 0.1) is 28.3 Å². The first-order valence-electron chi connectivity index (χ1n) is 13.6. The number of hydrogen-bond acceptors (Lipinski definition) is 5. The second kappa shape index (κ2) is 11.9. The van der Waals surface area contributed by atoms with Crippen LogP contribution in [0.5, 0.6) is 5.75 Å². The van der Waals surface area contributed by atoms with Gasteiger partial charge >= 0.3 is 0 Å². The van der Waals surface area contributed by atoms with Crippen LogP contribution < -0.4 is 10.1 Å². The van der Waals surface area contributed by atoms with Crippen molar-refractivity contribution in [3.05, 3.63) is 93.6 Å². The third kappa shape index (κ3) is 5.52. The predicted molar refractivity (Wildman–Crippen MR) is 163 cm³/mol. The molecule has 1 fully saturated rings. The third-order valence-electron chi connectivity index (χ3n) is 7.52. The molecule has 0 aliphatic carbocycles. The van der Waals surface area contributed by atoms with Crippen LogP contribution in [0.2, 0.25) is 15.1 Å². The minimum Gasteiger partial charge on any atom is -0.489 e. The van der Waals surface area contributed by atoms with Crippen LogP contribution in [0.15, 0.2) is 77.7 Å². The van der Waals surface area contributed by atoms with Crippen molar-refractivity contribution in [3.8, 4) is 22.7 Å². The maximum atomic E-state index is 13.8. The number of aromatic nitrogens is 2. The summed E-state index contributed by atoms with van der Waals surface area (Å²) >= 11 is 18.8. The molecule has 0 spiro atoms. The molecule has 4 aromatic rings. The lowest BCUT2D eigenvalue weighted by atomic mass is 10.0. The molecule has 3 aromatic carbocycles. The number of halogens is 3. The monoisotopic (exact) mass is 644 g/mol. The van der Waals surface area contributed by atoms with Gasteiger partial charge in [0.2, 0.25) is 15.9 Å². The SMILES string of the molecule is O=C(NC1CCCOc2c1nn(-c1ccccc1Cl)c2-c1ccc(Cl)cc1)[C@@H]1CCCN1S(=O)(=O)c1ccc(Cl)cc1. The highest BCUT2D eigenvalue weighted by Crippen LogP contribution is 2.42. The van der Waals surface area contributed by atoms with Crippen molar-refractivity contribution in [2.24, 2.45) is 0 Å². The lowest BCUT2D eigenvalue weighted by molar-refractivity contribution is -0.125. The molecule has 218 valence electrons. The molecule has 2 atom stereocenters. The summed E-state index contributed by atoms with van der Waals surface area (Å²) in [5, 5.41) is 9.58. The molecular formula is C30H27Cl3N4O4S. The lowest BCUT2D eigenvalue weighted by Crippen LogP contribution is -2.46. The average Bonchev–Trinajstić information content (AvgIpc) is 3.57. The van der Waals surface area contributed by atoms with E-state index in [0.717, 1.165) is 5.56 Å². The second-order valence-electron chi connectivity index (χ2n) is 10.2. The summed E-state index contributed by atoms with van der Waals surface area (Å²) in [4.78, 5) is 13.9. The molecule has 1 unspecified atom stereocenters. The Morgan fingerprint density at radius 3 is 2.31 bits per heavy atom. The highest BCUT2D eigenvalue weighted by atomic mass is 35.5. The predicted octanol–water partition coefficient (Wildman–Crippen LogP) is 6.68. The van der Waals surface area contributed by atoms with Crippen LogP contribution in [0.25, 0.3) is 16.9 Å². The molecule has 0 bridgehead atoms. The number of nitrogens with zero attached hydrogens (tertiary/aromatic N) is 3. The van der Waals surface area contributed by atoms with Crippen molar-refractivity contribution in [1.82, 2.24) is 19.4 Å². The van der Waals surface area contributed by atoms with Crippen LogP contribution >= 0.6 is 34.8 Å². The van der Waals surface area contributed by atoms with E-state index in [1.165, 1.54) is 28.6 Å². The second-order valence-corrected chi connectivity index (χ2v) is 13.4. The normalized spacial score (nSPS) is 19.1. The van der Waals surface area contributed by atoms with E-state index >= 15 is 0 Å². The van der Waals surface area contributed by atoms with E-state index in [-0.39, 0.29) is 17.3 Å².